The fraction of sp³-hybridized carbons (Fsp3) is 0.444. The fourth-order valence-corrected chi connectivity index (χ4v) is 1.97. The number of amides is 1. The second kappa shape index (κ2) is 18.3. The number of carbonyl (C=O) groups excluding carboxylic acids is 5. The molecule has 0 unspecified atom stereocenters. The van der Waals surface area contributed by atoms with Crippen molar-refractivity contribution in [3.05, 3.63) is 61.3 Å². The van der Waals surface area contributed by atoms with Crippen LogP contribution < -0.4 is 5.32 Å². The average molecular weight is 522 g/mol. The Morgan fingerprint density at radius 3 is 1.27 bits per heavy atom. The lowest BCUT2D eigenvalue weighted by molar-refractivity contribution is -0.157. The Morgan fingerprint density at radius 1 is 0.676 bits per heavy atom. The van der Waals surface area contributed by atoms with Gasteiger partial charge in [-0.1, -0.05) is 39.8 Å². The topological polar surface area (TPSA) is 134 Å². The zero-order valence-electron chi connectivity index (χ0n) is 22.5. The molecule has 10 nitrogen and oxygen atoms in total. The maximum Gasteiger partial charge on any atom is 0.333 e. The lowest BCUT2D eigenvalue weighted by Crippen LogP contribution is -2.39. The zero-order valence-corrected chi connectivity index (χ0v) is 22.5. The summed E-state index contributed by atoms with van der Waals surface area (Å²) < 4.78 is 20.2. The molecule has 0 aromatic heterocycles. The van der Waals surface area contributed by atoms with Crippen molar-refractivity contribution in [3.8, 4) is 0 Å². The van der Waals surface area contributed by atoms with Crippen molar-refractivity contribution in [1.29, 1.82) is 0 Å². The van der Waals surface area contributed by atoms with Crippen LogP contribution >= 0.6 is 0 Å². The number of esters is 4. The normalized spacial score (nSPS) is 9.86. The lowest BCUT2D eigenvalue weighted by Gasteiger charge is -2.31. The molecule has 0 atom stereocenters. The first-order valence-corrected chi connectivity index (χ1v) is 11.3. The molecule has 37 heavy (non-hydrogen) atoms. The third-order valence-corrected chi connectivity index (χ3v) is 4.49. The third kappa shape index (κ3) is 16.4. The monoisotopic (exact) mass is 521 g/mol. The Kier molecular flexibility index (Phi) is 17.5. The predicted octanol–water partition coefficient (Wildman–Crippen LogP) is 3.15. The minimum atomic E-state index is -0.860. The third-order valence-electron chi connectivity index (χ3n) is 4.49. The van der Waals surface area contributed by atoms with Crippen LogP contribution in [0.1, 0.15) is 41.0 Å². The average Bonchev–Trinajstić information content (AvgIpc) is 2.85. The van der Waals surface area contributed by atoms with E-state index in [4.69, 9.17) is 18.9 Å². The van der Waals surface area contributed by atoms with Crippen molar-refractivity contribution in [2.24, 2.45) is 5.41 Å². The van der Waals surface area contributed by atoms with E-state index < -0.39 is 29.3 Å². The standard InChI is InChI=1S/C18H26O6.C9H13NO3/c1-8-18(9-22-15(19)12(2)3,10-23-16(20)13(4)5)11-24-17(21)14(6)7;1-4-8(11)10-5-6-13-9(12)7(2)3/h2,4,6,8-11H2,1,3,5,7H3;4H,1-2,5-6H2,3H3,(H,10,11). The second-order valence-electron chi connectivity index (χ2n) is 8.33. The number of nitrogens with one attached hydrogen (secondary N) is 1. The summed E-state index contributed by atoms with van der Waals surface area (Å²) in [5.74, 6) is -2.43. The molecular weight excluding hydrogens is 482 g/mol. The second-order valence-corrected chi connectivity index (χ2v) is 8.33. The summed E-state index contributed by atoms with van der Waals surface area (Å²) in [6.45, 7) is 25.3. The highest BCUT2D eigenvalue weighted by molar-refractivity contribution is 5.88. The summed E-state index contributed by atoms with van der Waals surface area (Å²) in [7, 11) is 0. The van der Waals surface area contributed by atoms with Crippen molar-refractivity contribution >= 4 is 29.8 Å². The van der Waals surface area contributed by atoms with Gasteiger partial charge < -0.3 is 24.3 Å². The van der Waals surface area contributed by atoms with E-state index in [2.05, 4.69) is 38.2 Å². The van der Waals surface area contributed by atoms with E-state index in [0.29, 0.717) is 12.0 Å². The smallest absolute Gasteiger partial charge is 0.333 e. The van der Waals surface area contributed by atoms with E-state index in [-0.39, 0.29) is 55.6 Å². The number of carbonyl (C=O) groups is 5. The molecule has 0 bridgehead atoms. The first-order valence-electron chi connectivity index (χ1n) is 11.3. The van der Waals surface area contributed by atoms with E-state index in [0.717, 1.165) is 6.08 Å². The van der Waals surface area contributed by atoms with Crippen LogP contribution in [0.3, 0.4) is 0 Å². The summed E-state index contributed by atoms with van der Waals surface area (Å²) in [6, 6.07) is 0. The van der Waals surface area contributed by atoms with Gasteiger partial charge in [-0.25, -0.2) is 19.2 Å². The Bertz CT molecular complexity index is 841. The lowest BCUT2D eigenvalue weighted by atomic mass is 9.88. The van der Waals surface area contributed by atoms with Gasteiger partial charge in [-0.2, -0.15) is 0 Å². The number of ether oxygens (including phenoxy) is 4. The molecule has 206 valence electrons. The van der Waals surface area contributed by atoms with Crippen LogP contribution in [0.2, 0.25) is 0 Å². The number of hydrogen-bond acceptors (Lipinski definition) is 9. The molecule has 1 N–H and O–H groups in total. The van der Waals surface area contributed by atoms with Crippen LogP contribution in [-0.2, 0) is 42.9 Å². The van der Waals surface area contributed by atoms with Gasteiger partial charge in [0.05, 0.1) is 12.0 Å². The minimum Gasteiger partial charge on any atom is -0.461 e. The van der Waals surface area contributed by atoms with Gasteiger partial charge in [-0.3, -0.25) is 4.79 Å². The van der Waals surface area contributed by atoms with Crippen molar-refractivity contribution in [2.75, 3.05) is 33.0 Å². The largest absolute Gasteiger partial charge is 0.461 e. The molecule has 0 saturated heterocycles. The van der Waals surface area contributed by atoms with Crippen LogP contribution in [0, 0.1) is 5.41 Å². The first kappa shape index (κ1) is 35.2. The quantitative estimate of drug-likeness (QED) is 0.149. The molecule has 0 spiro atoms. The molecular formula is C27H39NO9. The molecule has 0 heterocycles. The van der Waals surface area contributed by atoms with E-state index in [9.17, 15) is 24.0 Å². The first-order chi connectivity index (χ1) is 17.1. The Hall–Kier alpha value is -3.95. The molecule has 0 saturated carbocycles. The van der Waals surface area contributed by atoms with Gasteiger partial charge in [0.25, 0.3) is 0 Å². The zero-order chi connectivity index (χ0) is 29.2. The minimum absolute atomic E-state index is 0.0812. The summed E-state index contributed by atoms with van der Waals surface area (Å²) in [6.07, 6.45) is 1.60. The molecule has 1 amide bonds. The van der Waals surface area contributed by atoms with Gasteiger partial charge in [-0.05, 0) is 40.2 Å². The molecule has 0 aromatic carbocycles. The SMILES string of the molecule is C=C(C)C(=O)OCC(CC)(COC(=O)C(=C)C)COC(=O)C(=C)C.C=CC(=O)NCCOC(=O)C(=C)C. The molecule has 0 radical (unpaired) electrons. The molecule has 0 rings (SSSR count). The van der Waals surface area contributed by atoms with Crippen LogP contribution in [0.5, 0.6) is 0 Å². The van der Waals surface area contributed by atoms with Gasteiger partial charge >= 0.3 is 23.9 Å². The molecule has 0 aliphatic heterocycles. The summed E-state index contributed by atoms with van der Waals surface area (Å²) in [5, 5.41) is 2.46. The van der Waals surface area contributed by atoms with Crippen LogP contribution in [-0.4, -0.2) is 62.8 Å². The van der Waals surface area contributed by atoms with E-state index in [1.807, 2.05) is 6.92 Å². The summed E-state index contributed by atoms with van der Waals surface area (Å²) >= 11 is 0. The highest BCUT2D eigenvalue weighted by Crippen LogP contribution is 2.25. The predicted molar refractivity (Wildman–Crippen MR) is 139 cm³/mol. The Balaban J connectivity index is 0. The van der Waals surface area contributed by atoms with Gasteiger partial charge in [0.15, 0.2) is 0 Å². The van der Waals surface area contributed by atoms with E-state index in [1.165, 1.54) is 20.8 Å². The van der Waals surface area contributed by atoms with Gasteiger partial charge in [0, 0.05) is 22.3 Å². The summed E-state index contributed by atoms with van der Waals surface area (Å²) in [5.41, 5.74) is 0.227. The van der Waals surface area contributed by atoms with E-state index >= 15 is 0 Å². The van der Waals surface area contributed by atoms with Gasteiger partial charge in [-0.15, -0.1) is 0 Å². The summed E-state index contributed by atoms with van der Waals surface area (Å²) in [4.78, 5) is 56.3. The number of hydrogen-bond donors (Lipinski definition) is 1. The molecule has 0 aliphatic rings. The maximum atomic E-state index is 11.6. The van der Waals surface area contributed by atoms with E-state index in [1.54, 1.807) is 6.92 Å². The van der Waals surface area contributed by atoms with Crippen LogP contribution in [0.4, 0.5) is 0 Å². The maximum absolute atomic E-state index is 11.6. The molecule has 0 aromatic rings. The number of rotatable bonds is 15. The molecule has 0 aliphatic carbocycles. The van der Waals surface area contributed by atoms with Crippen molar-refractivity contribution in [2.45, 2.75) is 41.0 Å². The molecule has 10 heteroatoms. The highest BCUT2D eigenvalue weighted by atomic mass is 16.6. The molecule has 0 fully saturated rings. The fourth-order valence-electron chi connectivity index (χ4n) is 1.97. The van der Waals surface area contributed by atoms with Gasteiger partial charge in [0.1, 0.15) is 26.4 Å². The van der Waals surface area contributed by atoms with Crippen molar-refractivity contribution in [1.82, 2.24) is 5.32 Å². The van der Waals surface area contributed by atoms with Crippen molar-refractivity contribution in [3.63, 3.8) is 0 Å². The van der Waals surface area contributed by atoms with Crippen LogP contribution in [0.15, 0.2) is 61.3 Å². The van der Waals surface area contributed by atoms with Crippen LogP contribution in [0.25, 0.3) is 0 Å². The Morgan fingerprint density at radius 2 is 1.00 bits per heavy atom. The Labute approximate surface area is 219 Å². The highest BCUT2D eigenvalue weighted by Gasteiger charge is 2.34. The van der Waals surface area contributed by atoms with Crippen molar-refractivity contribution < 1.29 is 42.9 Å². The van der Waals surface area contributed by atoms with Gasteiger partial charge in [0.2, 0.25) is 5.91 Å².